The third-order valence-electron chi connectivity index (χ3n) is 4.61. The first kappa shape index (κ1) is 19.2. The molecular weight excluding hydrogens is 382 g/mol. The highest BCUT2D eigenvalue weighted by atomic mass is 32.1. The average molecular weight is 406 g/mol. The summed E-state index contributed by atoms with van der Waals surface area (Å²) in [6, 6.07) is 17.9. The van der Waals surface area contributed by atoms with Crippen molar-refractivity contribution in [3.63, 3.8) is 0 Å². The lowest BCUT2D eigenvalue weighted by Gasteiger charge is -2.11. The molecule has 4 rings (SSSR count). The van der Waals surface area contributed by atoms with Gasteiger partial charge in [-0.05, 0) is 60.3 Å². The van der Waals surface area contributed by atoms with E-state index in [0.29, 0.717) is 0 Å². The second-order valence-corrected chi connectivity index (χ2v) is 7.57. The monoisotopic (exact) mass is 405 g/mol. The number of methoxy groups -OCH3 is 1. The molecule has 5 nitrogen and oxygen atoms in total. The molecule has 0 fully saturated rings. The molecule has 0 aliphatic carbocycles. The van der Waals surface area contributed by atoms with Gasteiger partial charge < -0.3 is 9.47 Å². The minimum Gasteiger partial charge on any atom is -0.497 e. The van der Waals surface area contributed by atoms with Crippen LogP contribution < -0.4 is 14.9 Å². The summed E-state index contributed by atoms with van der Waals surface area (Å²) < 4.78 is 11.2. The highest BCUT2D eigenvalue weighted by molar-refractivity contribution is 7.12. The molecule has 0 saturated heterocycles. The normalized spacial score (nSPS) is 12.9. The van der Waals surface area contributed by atoms with E-state index in [9.17, 15) is 0 Å². The molecule has 2 aromatic carbocycles. The predicted octanol–water partition coefficient (Wildman–Crippen LogP) is 5.37. The highest BCUT2D eigenvalue weighted by Gasteiger charge is 2.18. The molecule has 148 valence electrons. The number of fused-ring (bicyclic) bond motifs is 1. The van der Waals surface area contributed by atoms with Crippen LogP contribution in [-0.2, 0) is 0 Å². The van der Waals surface area contributed by atoms with E-state index in [1.165, 1.54) is 0 Å². The van der Waals surface area contributed by atoms with Gasteiger partial charge in [0.15, 0.2) is 5.84 Å². The van der Waals surface area contributed by atoms with E-state index < -0.39 is 0 Å². The molecular formula is C23H23N3O2S. The van der Waals surface area contributed by atoms with Crippen molar-refractivity contribution < 1.29 is 9.47 Å². The first-order chi connectivity index (χ1) is 14.3. The van der Waals surface area contributed by atoms with Crippen LogP contribution in [0.2, 0.25) is 0 Å². The quantitative estimate of drug-likeness (QED) is 0.538. The summed E-state index contributed by atoms with van der Waals surface area (Å²) in [5, 5.41) is 6.73. The van der Waals surface area contributed by atoms with Crippen molar-refractivity contribution >= 4 is 28.6 Å². The van der Waals surface area contributed by atoms with Gasteiger partial charge in [0, 0.05) is 11.1 Å². The van der Waals surface area contributed by atoms with Gasteiger partial charge in [0.2, 0.25) is 0 Å². The third kappa shape index (κ3) is 4.32. The van der Waals surface area contributed by atoms with Crippen LogP contribution in [-0.4, -0.2) is 25.3 Å². The van der Waals surface area contributed by atoms with Crippen molar-refractivity contribution in [3.05, 3.63) is 76.0 Å². The summed E-state index contributed by atoms with van der Waals surface area (Å²) in [5.41, 5.74) is 6.72. The lowest BCUT2D eigenvalue weighted by molar-refractivity contribution is 0.309. The number of nitrogens with one attached hydrogen (secondary N) is 1. The molecule has 0 atom stereocenters. The first-order valence-corrected chi connectivity index (χ1v) is 10.5. The number of unbranched alkanes of at least 4 members (excludes halogenated alkanes) is 1. The molecule has 1 aliphatic rings. The van der Waals surface area contributed by atoms with Crippen LogP contribution >= 0.6 is 11.3 Å². The van der Waals surface area contributed by atoms with E-state index >= 15 is 0 Å². The third-order valence-corrected chi connectivity index (χ3v) is 5.49. The fraction of sp³-hybridized carbons (Fsp3) is 0.217. The van der Waals surface area contributed by atoms with Crippen molar-refractivity contribution in [2.75, 3.05) is 13.7 Å². The number of hydrogen-bond acceptors (Lipinski definition) is 6. The summed E-state index contributed by atoms with van der Waals surface area (Å²) in [5.74, 6) is 2.37. The van der Waals surface area contributed by atoms with Crippen LogP contribution in [0, 0.1) is 0 Å². The number of nitrogens with zero attached hydrogens (tertiary/aromatic N) is 2. The number of aliphatic imine (C=N–C) groups is 1. The maximum absolute atomic E-state index is 5.79. The van der Waals surface area contributed by atoms with Crippen LogP contribution in [0.15, 0.2) is 70.1 Å². The summed E-state index contributed by atoms with van der Waals surface area (Å²) in [4.78, 5) is 5.86. The molecule has 0 unspecified atom stereocenters. The maximum atomic E-state index is 5.79. The average Bonchev–Trinajstić information content (AvgIpc) is 3.23. The van der Waals surface area contributed by atoms with Gasteiger partial charge in [-0.25, -0.2) is 4.99 Å². The van der Waals surface area contributed by atoms with Crippen LogP contribution in [0.5, 0.6) is 11.5 Å². The Morgan fingerprint density at radius 3 is 2.59 bits per heavy atom. The molecule has 2 heterocycles. The van der Waals surface area contributed by atoms with E-state index in [1.807, 2.05) is 60.0 Å². The van der Waals surface area contributed by atoms with Crippen molar-refractivity contribution in [1.82, 2.24) is 5.43 Å². The number of thiophene rings is 1. The number of benzene rings is 2. The van der Waals surface area contributed by atoms with E-state index in [2.05, 4.69) is 12.3 Å². The standard InChI is InChI=1S/C23H23N3O2S/c1-3-4-13-28-17-9-7-16(8-10-17)22-19-15-18(27-2)11-12-20(19)24-23(26-25-22)21-6-5-14-29-21/h5-12,14-15H,3-4,13H2,1-2H3,(H,24,26). The summed E-state index contributed by atoms with van der Waals surface area (Å²) in [6.07, 6.45) is 2.17. The molecule has 0 radical (unpaired) electrons. The second kappa shape index (κ2) is 8.92. The zero-order valence-corrected chi connectivity index (χ0v) is 17.3. The maximum Gasteiger partial charge on any atom is 0.164 e. The number of ether oxygens (including phenoxy) is 2. The fourth-order valence-corrected chi connectivity index (χ4v) is 3.69. The van der Waals surface area contributed by atoms with Crippen molar-refractivity contribution in [3.8, 4) is 11.5 Å². The van der Waals surface area contributed by atoms with E-state index in [1.54, 1.807) is 18.4 Å². The summed E-state index contributed by atoms with van der Waals surface area (Å²) >= 11 is 1.63. The minimum atomic E-state index is 0.733. The van der Waals surface area contributed by atoms with Gasteiger partial charge in [-0.2, -0.15) is 5.10 Å². The number of hydrogen-bond donors (Lipinski definition) is 1. The smallest absolute Gasteiger partial charge is 0.164 e. The Kier molecular flexibility index (Phi) is 5.91. The molecule has 0 spiro atoms. The highest BCUT2D eigenvalue weighted by Crippen LogP contribution is 2.30. The zero-order chi connectivity index (χ0) is 20.1. The lowest BCUT2D eigenvalue weighted by Crippen LogP contribution is -2.18. The van der Waals surface area contributed by atoms with Gasteiger partial charge in [-0.15, -0.1) is 11.3 Å². The van der Waals surface area contributed by atoms with E-state index in [-0.39, 0.29) is 0 Å². The molecule has 1 aromatic heterocycles. The Balaban J connectivity index is 1.70. The van der Waals surface area contributed by atoms with Crippen molar-refractivity contribution in [1.29, 1.82) is 0 Å². The molecule has 0 amide bonds. The van der Waals surface area contributed by atoms with Crippen LogP contribution in [0.25, 0.3) is 0 Å². The Labute approximate surface area is 174 Å². The number of amidine groups is 1. The van der Waals surface area contributed by atoms with E-state index in [4.69, 9.17) is 19.6 Å². The topological polar surface area (TPSA) is 55.2 Å². The zero-order valence-electron chi connectivity index (χ0n) is 16.5. The lowest BCUT2D eigenvalue weighted by atomic mass is 10.0. The van der Waals surface area contributed by atoms with Gasteiger partial charge >= 0.3 is 0 Å². The summed E-state index contributed by atoms with van der Waals surface area (Å²) in [7, 11) is 1.66. The molecule has 1 N–H and O–H groups in total. The van der Waals surface area contributed by atoms with Gasteiger partial charge in [0.05, 0.1) is 24.3 Å². The molecule has 6 heteroatoms. The number of rotatable bonds is 7. The Hall–Kier alpha value is -3.12. The predicted molar refractivity (Wildman–Crippen MR) is 119 cm³/mol. The molecule has 3 aromatic rings. The Morgan fingerprint density at radius 2 is 1.86 bits per heavy atom. The van der Waals surface area contributed by atoms with Gasteiger partial charge in [0.1, 0.15) is 17.2 Å². The first-order valence-electron chi connectivity index (χ1n) is 9.66. The Bertz CT molecular complexity index is 1020. The van der Waals surface area contributed by atoms with Crippen molar-refractivity contribution in [2.45, 2.75) is 19.8 Å². The van der Waals surface area contributed by atoms with Crippen LogP contribution in [0.1, 0.15) is 35.8 Å². The molecule has 0 saturated carbocycles. The Morgan fingerprint density at radius 1 is 1.03 bits per heavy atom. The van der Waals surface area contributed by atoms with Gasteiger partial charge in [-0.3, -0.25) is 5.43 Å². The van der Waals surface area contributed by atoms with Crippen LogP contribution in [0.4, 0.5) is 5.69 Å². The van der Waals surface area contributed by atoms with Crippen molar-refractivity contribution in [2.24, 2.45) is 10.1 Å². The molecule has 1 aliphatic heterocycles. The van der Waals surface area contributed by atoms with Gasteiger partial charge in [0.25, 0.3) is 0 Å². The van der Waals surface area contributed by atoms with Gasteiger partial charge in [-0.1, -0.05) is 19.4 Å². The minimum absolute atomic E-state index is 0.733. The SMILES string of the molecule is CCCCOc1ccc(C2=NNC(c3cccs3)=Nc3ccc(OC)cc32)cc1. The number of hydrazone groups is 1. The fourth-order valence-electron chi connectivity index (χ4n) is 3.03. The van der Waals surface area contributed by atoms with Crippen LogP contribution in [0.3, 0.4) is 0 Å². The molecule has 29 heavy (non-hydrogen) atoms. The summed E-state index contributed by atoms with van der Waals surface area (Å²) in [6.45, 7) is 2.89. The second-order valence-electron chi connectivity index (χ2n) is 6.62. The van der Waals surface area contributed by atoms with E-state index in [0.717, 1.165) is 64.2 Å². The largest absolute Gasteiger partial charge is 0.497 e. The molecule has 0 bridgehead atoms.